The average molecular weight is 571 g/mol. The zero-order chi connectivity index (χ0) is 29.6. The summed E-state index contributed by atoms with van der Waals surface area (Å²) in [6, 6.07) is 16.7. The van der Waals surface area contributed by atoms with Gasteiger partial charge in [-0.05, 0) is 73.6 Å². The van der Waals surface area contributed by atoms with Crippen LogP contribution in [0.15, 0.2) is 77.7 Å². The normalized spacial score (nSPS) is 18.1. The van der Waals surface area contributed by atoms with E-state index in [0.717, 1.165) is 28.6 Å². The van der Waals surface area contributed by atoms with Gasteiger partial charge in [0.2, 0.25) is 11.8 Å². The van der Waals surface area contributed by atoms with E-state index < -0.39 is 0 Å². The number of aliphatic hydroxyl groups excluding tert-OH is 1. The molecule has 42 heavy (non-hydrogen) atoms. The Morgan fingerprint density at radius 2 is 1.95 bits per heavy atom. The lowest BCUT2D eigenvalue weighted by molar-refractivity contribution is -0.134. The van der Waals surface area contributed by atoms with Crippen LogP contribution < -0.4 is 10.1 Å². The van der Waals surface area contributed by atoms with Gasteiger partial charge in [0.1, 0.15) is 17.4 Å². The Labute approximate surface area is 246 Å². The molecule has 0 radical (unpaired) electrons. The van der Waals surface area contributed by atoms with Crippen molar-refractivity contribution in [2.24, 2.45) is 5.92 Å². The minimum Gasteiger partial charge on any atom is -0.488 e. The van der Waals surface area contributed by atoms with Gasteiger partial charge in [-0.2, -0.15) is 0 Å². The zero-order valence-electron chi connectivity index (χ0n) is 24.3. The molecule has 2 aromatic carbocycles. The number of ether oxygens (including phenoxy) is 1. The molecule has 2 amide bonds. The molecule has 0 aliphatic carbocycles. The summed E-state index contributed by atoms with van der Waals surface area (Å²) < 4.78 is 12.0. The number of hydrogen-bond acceptors (Lipinski definition) is 7. The Balaban J connectivity index is 1.35. The second-order valence-corrected chi connectivity index (χ2v) is 11.3. The van der Waals surface area contributed by atoms with Gasteiger partial charge in [-0.1, -0.05) is 13.0 Å². The fraction of sp³-hybridized carbons (Fsp3) is 0.364. The van der Waals surface area contributed by atoms with Crippen molar-refractivity contribution in [3.05, 3.63) is 89.9 Å². The number of amides is 2. The fourth-order valence-electron chi connectivity index (χ4n) is 5.41. The third-order valence-corrected chi connectivity index (χ3v) is 7.78. The van der Waals surface area contributed by atoms with Crippen LogP contribution in [0.1, 0.15) is 30.5 Å². The topological polar surface area (TPSA) is 108 Å². The van der Waals surface area contributed by atoms with E-state index in [1.807, 2.05) is 68.6 Å². The molecule has 2 N–H and O–H groups in total. The molecule has 3 atom stereocenters. The van der Waals surface area contributed by atoms with Crippen LogP contribution in [0.4, 0.5) is 5.69 Å². The summed E-state index contributed by atoms with van der Waals surface area (Å²) in [5.41, 5.74) is 4.11. The lowest BCUT2D eigenvalue weighted by atomic mass is 10.0. The second-order valence-electron chi connectivity index (χ2n) is 11.3. The first-order valence-electron chi connectivity index (χ1n) is 14.3. The van der Waals surface area contributed by atoms with Crippen molar-refractivity contribution in [3.63, 3.8) is 0 Å². The van der Waals surface area contributed by atoms with Crippen LogP contribution in [0.5, 0.6) is 5.75 Å². The number of rotatable bonds is 9. The molecule has 9 nitrogen and oxygen atoms in total. The van der Waals surface area contributed by atoms with Crippen LogP contribution in [-0.2, 0) is 29.0 Å². The molecule has 0 unspecified atom stereocenters. The summed E-state index contributed by atoms with van der Waals surface area (Å²) in [6.45, 7) is 5.64. The molecule has 3 heterocycles. The molecule has 0 bridgehead atoms. The van der Waals surface area contributed by atoms with E-state index in [2.05, 4.69) is 22.1 Å². The number of pyridine rings is 1. The molecular formula is C33H38N4O5. The van der Waals surface area contributed by atoms with Gasteiger partial charge in [-0.15, -0.1) is 0 Å². The molecule has 220 valence electrons. The average Bonchev–Trinajstić information content (AvgIpc) is 3.45. The third-order valence-electron chi connectivity index (χ3n) is 7.78. The molecule has 1 aliphatic heterocycles. The van der Waals surface area contributed by atoms with Crippen molar-refractivity contribution >= 4 is 28.5 Å². The SMILES string of the molecule is C[C@@H]1CN([C@@H](C)CO)C(=O)Cc2cc(NC(=O)Cc3ccc4occc4c3)ccc2O[C@H]1CN(C)Cc1ccncc1. The number of aromatic nitrogens is 1. The van der Waals surface area contributed by atoms with E-state index in [1.165, 1.54) is 0 Å². The standard InChI is InChI=1S/C33H38N4O5/c1-22-18-37(23(2)21-38)33(40)17-27-16-28(35-32(39)15-25-4-6-29-26(14-25)10-13-41-29)5-7-30(27)42-31(22)20-36(3)19-24-8-11-34-12-9-24/h4-14,16,22-23,31,38H,15,17-21H2,1-3H3,(H,35,39)/t22-,23+,31+/m1/s1. The summed E-state index contributed by atoms with van der Waals surface area (Å²) in [4.78, 5) is 34.5. The number of fused-ring (bicyclic) bond motifs is 2. The van der Waals surface area contributed by atoms with Crippen LogP contribution >= 0.6 is 0 Å². The predicted octanol–water partition coefficient (Wildman–Crippen LogP) is 4.29. The Kier molecular flexibility index (Phi) is 9.19. The summed E-state index contributed by atoms with van der Waals surface area (Å²) in [5, 5.41) is 13.8. The second kappa shape index (κ2) is 13.2. The number of nitrogens with one attached hydrogen (secondary N) is 1. The van der Waals surface area contributed by atoms with E-state index >= 15 is 0 Å². The predicted molar refractivity (Wildman–Crippen MR) is 161 cm³/mol. The van der Waals surface area contributed by atoms with Crippen LogP contribution in [-0.4, -0.2) is 70.6 Å². The third kappa shape index (κ3) is 7.16. The number of likely N-dealkylation sites (N-methyl/N-ethyl adjacent to an activating group) is 1. The first kappa shape index (κ1) is 29.3. The minimum atomic E-state index is -0.327. The highest BCUT2D eigenvalue weighted by atomic mass is 16.5. The van der Waals surface area contributed by atoms with Crippen molar-refractivity contribution < 1.29 is 23.8 Å². The Morgan fingerprint density at radius 1 is 1.14 bits per heavy atom. The zero-order valence-corrected chi connectivity index (χ0v) is 24.3. The number of carbonyl (C=O) groups is 2. The number of aliphatic hydroxyl groups is 1. The Bertz CT molecular complexity index is 1520. The summed E-state index contributed by atoms with van der Waals surface area (Å²) >= 11 is 0. The molecule has 0 fully saturated rings. The van der Waals surface area contributed by atoms with E-state index in [1.54, 1.807) is 23.6 Å². The largest absolute Gasteiger partial charge is 0.488 e. The smallest absolute Gasteiger partial charge is 0.228 e. The van der Waals surface area contributed by atoms with Gasteiger partial charge in [0.15, 0.2) is 0 Å². The van der Waals surface area contributed by atoms with Gasteiger partial charge < -0.3 is 24.5 Å². The van der Waals surface area contributed by atoms with Crippen molar-refractivity contribution in [1.29, 1.82) is 0 Å². The van der Waals surface area contributed by atoms with Crippen LogP contribution in [0.3, 0.4) is 0 Å². The molecule has 0 spiro atoms. The van der Waals surface area contributed by atoms with Crippen LogP contribution in [0, 0.1) is 5.92 Å². The summed E-state index contributed by atoms with van der Waals surface area (Å²) in [5.74, 6) is 0.379. The molecule has 5 rings (SSSR count). The number of furan rings is 1. The van der Waals surface area contributed by atoms with Crippen molar-refractivity contribution in [3.8, 4) is 5.75 Å². The molecule has 4 aromatic rings. The molecule has 0 saturated heterocycles. The molecular weight excluding hydrogens is 532 g/mol. The van der Waals surface area contributed by atoms with Gasteiger partial charge in [-0.25, -0.2) is 0 Å². The lowest BCUT2D eigenvalue weighted by Crippen LogP contribution is -2.47. The van der Waals surface area contributed by atoms with E-state index in [4.69, 9.17) is 9.15 Å². The highest BCUT2D eigenvalue weighted by Crippen LogP contribution is 2.29. The van der Waals surface area contributed by atoms with Crippen LogP contribution in [0.25, 0.3) is 11.0 Å². The highest BCUT2D eigenvalue weighted by Gasteiger charge is 2.31. The van der Waals surface area contributed by atoms with Crippen molar-refractivity contribution in [2.75, 3.05) is 32.1 Å². The van der Waals surface area contributed by atoms with Crippen molar-refractivity contribution in [1.82, 2.24) is 14.8 Å². The lowest BCUT2D eigenvalue weighted by Gasteiger charge is -2.34. The summed E-state index contributed by atoms with van der Waals surface area (Å²) in [7, 11) is 2.05. The molecule has 9 heteroatoms. The van der Waals surface area contributed by atoms with E-state index in [9.17, 15) is 14.7 Å². The maximum atomic E-state index is 13.5. The van der Waals surface area contributed by atoms with E-state index in [0.29, 0.717) is 30.1 Å². The Hall–Kier alpha value is -4.21. The fourth-order valence-corrected chi connectivity index (χ4v) is 5.41. The number of hydrogen-bond donors (Lipinski definition) is 2. The van der Waals surface area contributed by atoms with Gasteiger partial charge in [-0.3, -0.25) is 19.5 Å². The van der Waals surface area contributed by atoms with Gasteiger partial charge in [0, 0.05) is 54.6 Å². The quantitative estimate of drug-likeness (QED) is 0.309. The maximum Gasteiger partial charge on any atom is 0.228 e. The maximum absolute atomic E-state index is 13.5. The first-order valence-corrected chi connectivity index (χ1v) is 14.3. The monoisotopic (exact) mass is 570 g/mol. The van der Waals surface area contributed by atoms with Crippen molar-refractivity contribution in [2.45, 2.75) is 45.4 Å². The van der Waals surface area contributed by atoms with Gasteiger partial charge in [0.05, 0.1) is 31.8 Å². The number of anilines is 1. The van der Waals surface area contributed by atoms with Gasteiger partial charge >= 0.3 is 0 Å². The van der Waals surface area contributed by atoms with Gasteiger partial charge in [0.25, 0.3) is 0 Å². The molecule has 2 aromatic heterocycles. The molecule has 1 aliphatic rings. The molecule has 0 saturated carbocycles. The minimum absolute atomic E-state index is 0.000681. The number of benzene rings is 2. The van der Waals surface area contributed by atoms with Crippen LogP contribution in [0.2, 0.25) is 0 Å². The summed E-state index contributed by atoms with van der Waals surface area (Å²) in [6.07, 6.45) is 5.30. The van der Waals surface area contributed by atoms with E-state index in [-0.39, 0.29) is 49.3 Å². The first-order chi connectivity index (χ1) is 20.3. The Morgan fingerprint density at radius 3 is 2.74 bits per heavy atom. The highest BCUT2D eigenvalue weighted by molar-refractivity contribution is 5.93. The number of carbonyl (C=O) groups excluding carboxylic acids is 2. The number of nitrogens with zero attached hydrogens (tertiary/aromatic N) is 3.